The maximum Gasteiger partial charge on any atom is 0.283 e. The summed E-state index contributed by atoms with van der Waals surface area (Å²) in [6.45, 7) is 3.44. The van der Waals surface area contributed by atoms with Gasteiger partial charge in [0.2, 0.25) is 0 Å². The maximum atomic E-state index is 10.8. The fraction of sp³-hybridized carbons (Fsp3) is 0.571. The molecule has 0 aliphatic heterocycles. The van der Waals surface area contributed by atoms with Crippen LogP contribution in [0.2, 0.25) is 0 Å². The van der Waals surface area contributed by atoms with Crippen molar-refractivity contribution < 1.29 is 14.4 Å². The van der Waals surface area contributed by atoms with Gasteiger partial charge in [-0.25, -0.2) is 0 Å². The maximum absolute atomic E-state index is 10.8. The van der Waals surface area contributed by atoms with Gasteiger partial charge in [0.15, 0.2) is 0 Å². The molecule has 0 fully saturated rings. The highest BCUT2D eigenvalue weighted by molar-refractivity contribution is 9.10. The van der Waals surface area contributed by atoms with E-state index in [2.05, 4.69) is 21.2 Å². The Balaban J connectivity index is 2.19. The summed E-state index contributed by atoms with van der Waals surface area (Å²) in [6.07, 6.45) is 1.98. The molecule has 0 spiro atoms. The molecule has 0 heterocycles. The molecule has 1 aromatic rings. The second-order valence-corrected chi connectivity index (χ2v) is 5.29. The van der Waals surface area contributed by atoms with Crippen molar-refractivity contribution in [1.82, 2.24) is 5.32 Å². The first-order valence-corrected chi connectivity index (χ1v) is 7.65. The average Bonchev–Trinajstić information content (AvgIpc) is 2.46. The number of ether oxygens (including phenoxy) is 2. The Morgan fingerprint density at radius 2 is 2.10 bits per heavy atom. The first-order valence-electron chi connectivity index (χ1n) is 6.86. The van der Waals surface area contributed by atoms with Crippen LogP contribution in [0.25, 0.3) is 0 Å². The molecule has 0 aliphatic carbocycles. The highest BCUT2D eigenvalue weighted by Crippen LogP contribution is 2.27. The van der Waals surface area contributed by atoms with Gasteiger partial charge in [0.05, 0.1) is 22.6 Å². The third-order valence-corrected chi connectivity index (χ3v) is 3.81. The SMILES string of the molecule is COCCOCCCCNCc1cccc([N+](=O)[O-])c1Br. The zero-order chi connectivity index (χ0) is 15.5. The minimum absolute atomic E-state index is 0.0980. The van der Waals surface area contributed by atoms with Gasteiger partial charge < -0.3 is 14.8 Å². The lowest BCUT2D eigenvalue weighted by Gasteiger charge is -2.07. The number of rotatable bonds is 11. The van der Waals surface area contributed by atoms with Crippen LogP contribution in [-0.2, 0) is 16.0 Å². The van der Waals surface area contributed by atoms with Crippen LogP contribution in [-0.4, -0.2) is 38.4 Å². The van der Waals surface area contributed by atoms with Crippen LogP contribution in [0.1, 0.15) is 18.4 Å². The van der Waals surface area contributed by atoms with Crippen molar-refractivity contribution in [1.29, 1.82) is 0 Å². The first kappa shape index (κ1) is 18.0. The smallest absolute Gasteiger partial charge is 0.283 e. The van der Waals surface area contributed by atoms with Gasteiger partial charge in [0, 0.05) is 26.3 Å². The van der Waals surface area contributed by atoms with Crippen LogP contribution in [0.15, 0.2) is 22.7 Å². The van der Waals surface area contributed by atoms with E-state index >= 15 is 0 Å². The Morgan fingerprint density at radius 3 is 2.81 bits per heavy atom. The van der Waals surface area contributed by atoms with E-state index in [1.54, 1.807) is 13.2 Å². The highest BCUT2D eigenvalue weighted by atomic mass is 79.9. The molecule has 6 nitrogen and oxygen atoms in total. The van der Waals surface area contributed by atoms with Crippen LogP contribution in [0.3, 0.4) is 0 Å². The zero-order valence-corrected chi connectivity index (χ0v) is 13.7. The molecule has 0 aliphatic rings. The van der Waals surface area contributed by atoms with E-state index in [1.165, 1.54) is 6.07 Å². The number of nitro benzene ring substituents is 1. The van der Waals surface area contributed by atoms with Gasteiger partial charge in [-0.15, -0.1) is 0 Å². The zero-order valence-electron chi connectivity index (χ0n) is 12.1. The molecule has 0 saturated heterocycles. The van der Waals surface area contributed by atoms with Crippen LogP contribution in [0.4, 0.5) is 5.69 Å². The molecular formula is C14H21BrN2O4. The van der Waals surface area contributed by atoms with Gasteiger partial charge in [-0.05, 0) is 40.9 Å². The molecule has 7 heteroatoms. The number of halogens is 1. The fourth-order valence-electron chi connectivity index (χ4n) is 1.77. The standard InChI is InChI=1S/C14H21BrN2O4/c1-20-9-10-21-8-3-2-7-16-11-12-5-4-6-13(14(12)15)17(18)19/h4-6,16H,2-3,7-11H2,1H3. The average molecular weight is 361 g/mol. The van der Waals surface area contributed by atoms with E-state index in [-0.39, 0.29) is 10.6 Å². The third-order valence-electron chi connectivity index (χ3n) is 2.89. The Labute approximate surface area is 133 Å². The van der Waals surface area contributed by atoms with Crippen molar-refractivity contribution in [2.75, 3.05) is 33.5 Å². The molecule has 1 rings (SSSR count). The van der Waals surface area contributed by atoms with Crippen molar-refractivity contribution in [3.63, 3.8) is 0 Å². The van der Waals surface area contributed by atoms with Gasteiger partial charge in [-0.3, -0.25) is 10.1 Å². The Hall–Kier alpha value is -1.02. The van der Waals surface area contributed by atoms with E-state index < -0.39 is 0 Å². The Bertz CT molecular complexity index is 443. The summed E-state index contributed by atoms with van der Waals surface area (Å²) < 4.78 is 10.8. The van der Waals surface area contributed by atoms with Crippen molar-refractivity contribution in [3.05, 3.63) is 38.3 Å². The molecule has 0 aromatic heterocycles. The summed E-state index contributed by atoms with van der Waals surface area (Å²) in [6, 6.07) is 5.06. The highest BCUT2D eigenvalue weighted by Gasteiger charge is 2.14. The Kier molecular flexibility index (Phi) is 9.16. The molecule has 0 atom stereocenters. The third kappa shape index (κ3) is 6.99. The molecule has 0 unspecified atom stereocenters. The van der Waals surface area contributed by atoms with Crippen molar-refractivity contribution >= 4 is 21.6 Å². The van der Waals surface area contributed by atoms with Gasteiger partial charge in [0.1, 0.15) is 0 Å². The first-order chi connectivity index (χ1) is 10.2. The summed E-state index contributed by atoms with van der Waals surface area (Å²) in [5.74, 6) is 0. The van der Waals surface area contributed by atoms with E-state index in [1.807, 2.05) is 6.07 Å². The van der Waals surface area contributed by atoms with Crippen LogP contribution in [0.5, 0.6) is 0 Å². The minimum atomic E-state index is -0.384. The minimum Gasteiger partial charge on any atom is -0.382 e. The predicted octanol–water partition coefficient (Wildman–Crippen LogP) is 2.89. The molecule has 1 N–H and O–H groups in total. The summed E-state index contributed by atoms with van der Waals surface area (Å²) in [7, 11) is 1.65. The van der Waals surface area contributed by atoms with Gasteiger partial charge >= 0.3 is 0 Å². The van der Waals surface area contributed by atoms with Crippen LogP contribution < -0.4 is 5.32 Å². The van der Waals surface area contributed by atoms with Gasteiger partial charge in [-0.2, -0.15) is 0 Å². The lowest BCUT2D eigenvalue weighted by molar-refractivity contribution is -0.385. The van der Waals surface area contributed by atoms with Gasteiger partial charge in [0.25, 0.3) is 5.69 Å². The largest absolute Gasteiger partial charge is 0.382 e. The normalized spacial score (nSPS) is 10.8. The topological polar surface area (TPSA) is 73.6 Å². The van der Waals surface area contributed by atoms with Crippen LogP contribution in [0, 0.1) is 10.1 Å². The van der Waals surface area contributed by atoms with E-state index in [4.69, 9.17) is 9.47 Å². The van der Waals surface area contributed by atoms with Crippen molar-refractivity contribution in [2.24, 2.45) is 0 Å². The van der Waals surface area contributed by atoms with E-state index in [0.717, 1.165) is 31.6 Å². The lowest BCUT2D eigenvalue weighted by Crippen LogP contribution is -2.16. The van der Waals surface area contributed by atoms with E-state index in [9.17, 15) is 10.1 Å². The van der Waals surface area contributed by atoms with Crippen molar-refractivity contribution in [3.8, 4) is 0 Å². The molecule has 118 valence electrons. The summed E-state index contributed by atoms with van der Waals surface area (Å²) in [5.41, 5.74) is 0.987. The summed E-state index contributed by atoms with van der Waals surface area (Å²) >= 11 is 3.29. The van der Waals surface area contributed by atoms with Gasteiger partial charge in [-0.1, -0.05) is 12.1 Å². The second-order valence-electron chi connectivity index (χ2n) is 4.50. The summed E-state index contributed by atoms with van der Waals surface area (Å²) in [5, 5.41) is 14.1. The molecule has 0 radical (unpaired) electrons. The predicted molar refractivity (Wildman–Crippen MR) is 84.4 cm³/mol. The molecule has 0 saturated carbocycles. The Morgan fingerprint density at radius 1 is 1.29 bits per heavy atom. The number of hydrogen-bond donors (Lipinski definition) is 1. The molecule has 0 amide bonds. The van der Waals surface area contributed by atoms with Crippen molar-refractivity contribution in [2.45, 2.75) is 19.4 Å². The van der Waals surface area contributed by atoms with E-state index in [0.29, 0.717) is 24.2 Å². The number of hydrogen-bond acceptors (Lipinski definition) is 5. The number of methoxy groups -OCH3 is 1. The number of nitro groups is 1. The molecule has 1 aromatic carbocycles. The fourth-order valence-corrected chi connectivity index (χ4v) is 2.31. The molecule has 21 heavy (non-hydrogen) atoms. The summed E-state index contributed by atoms with van der Waals surface area (Å²) in [4.78, 5) is 10.4. The molecule has 0 bridgehead atoms. The second kappa shape index (κ2) is 10.7. The number of nitrogens with one attached hydrogen (secondary N) is 1. The number of nitrogens with zero attached hydrogens (tertiary/aromatic N) is 1. The lowest BCUT2D eigenvalue weighted by atomic mass is 10.2. The number of benzene rings is 1. The number of unbranched alkanes of at least 4 members (excludes halogenated alkanes) is 1. The van der Waals surface area contributed by atoms with Crippen LogP contribution >= 0.6 is 15.9 Å². The quantitative estimate of drug-likeness (QED) is 0.373. The molecular weight excluding hydrogens is 340 g/mol. The monoisotopic (exact) mass is 360 g/mol.